The van der Waals surface area contributed by atoms with Crippen molar-refractivity contribution in [2.45, 2.75) is 33.1 Å². The highest BCUT2D eigenvalue weighted by Gasteiger charge is 2.18. The second-order valence-corrected chi connectivity index (χ2v) is 5.61. The molecule has 0 radical (unpaired) electrons. The summed E-state index contributed by atoms with van der Waals surface area (Å²) in [5, 5.41) is 9.38. The van der Waals surface area contributed by atoms with Crippen LogP contribution in [0.5, 0.6) is 0 Å². The predicted octanol–water partition coefficient (Wildman–Crippen LogP) is 3.89. The Labute approximate surface area is 127 Å². The highest BCUT2D eigenvalue weighted by Crippen LogP contribution is 2.29. The van der Waals surface area contributed by atoms with Crippen LogP contribution in [0.2, 0.25) is 0 Å². The van der Waals surface area contributed by atoms with Crippen LogP contribution in [0.3, 0.4) is 0 Å². The van der Waals surface area contributed by atoms with Gasteiger partial charge in [0.2, 0.25) is 11.0 Å². The van der Waals surface area contributed by atoms with Gasteiger partial charge < -0.3 is 0 Å². The van der Waals surface area contributed by atoms with Gasteiger partial charge in [-0.25, -0.2) is 4.39 Å². The molecular weight excluding hydrogens is 289 g/mol. The van der Waals surface area contributed by atoms with Crippen molar-refractivity contribution in [2.24, 2.45) is 0 Å². The van der Waals surface area contributed by atoms with Gasteiger partial charge in [-0.1, -0.05) is 43.7 Å². The second kappa shape index (κ2) is 7.26. The van der Waals surface area contributed by atoms with Gasteiger partial charge in [-0.2, -0.15) is 0 Å². The van der Waals surface area contributed by atoms with Crippen molar-refractivity contribution < 1.29 is 9.18 Å². The van der Waals surface area contributed by atoms with Crippen molar-refractivity contribution >= 4 is 22.4 Å². The molecule has 1 aromatic carbocycles. The number of carbonyl (C=O) groups excluding carboxylic acids is 1. The number of rotatable bonds is 6. The van der Waals surface area contributed by atoms with Crippen molar-refractivity contribution in [3.8, 4) is 10.6 Å². The lowest BCUT2D eigenvalue weighted by molar-refractivity contribution is -0.118. The molecule has 0 saturated heterocycles. The SMILES string of the molecule is CCCCN(C(=O)CC)c1nnc(-c2cccc(F)c2)s1. The van der Waals surface area contributed by atoms with Crippen LogP contribution in [0.4, 0.5) is 9.52 Å². The normalized spacial score (nSPS) is 10.6. The number of nitrogens with zero attached hydrogens (tertiary/aromatic N) is 3. The monoisotopic (exact) mass is 307 g/mol. The van der Waals surface area contributed by atoms with E-state index in [4.69, 9.17) is 0 Å². The Morgan fingerprint density at radius 1 is 1.33 bits per heavy atom. The van der Waals surface area contributed by atoms with E-state index < -0.39 is 0 Å². The molecule has 0 unspecified atom stereocenters. The number of aromatic nitrogens is 2. The van der Waals surface area contributed by atoms with Crippen molar-refractivity contribution in [3.63, 3.8) is 0 Å². The van der Waals surface area contributed by atoms with Crippen LogP contribution in [-0.2, 0) is 4.79 Å². The Morgan fingerprint density at radius 2 is 2.14 bits per heavy atom. The van der Waals surface area contributed by atoms with Gasteiger partial charge in [0.05, 0.1) is 0 Å². The summed E-state index contributed by atoms with van der Waals surface area (Å²) in [7, 11) is 0. The molecule has 0 spiro atoms. The number of unbranched alkanes of at least 4 members (excludes halogenated alkanes) is 1. The molecule has 0 aliphatic heterocycles. The van der Waals surface area contributed by atoms with E-state index in [9.17, 15) is 9.18 Å². The fraction of sp³-hybridized carbons (Fsp3) is 0.400. The summed E-state index contributed by atoms with van der Waals surface area (Å²) in [6, 6.07) is 6.23. The molecule has 6 heteroatoms. The zero-order valence-electron chi connectivity index (χ0n) is 12.2. The third-order valence-electron chi connectivity index (χ3n) is 3.06. The van der Waals surface area contributed by atoms with E-state index in [1.54, 1.807) is 17.0 Å². The van der Waals surface area contributed by atoms with Crippen LogP contribution >= 0.6 is 11.3 Å². The molecule has 21 heavy (non-hydrogen) atoms. The average molecular weight is 307 g/mol. The molecule has 1 amide bonds. The van der Waals surface area contributed by atoms with Crippen molar-refractivity contribution in [3.05, 3.63) is 30.1 Å². The van der Waals surface area contributed by atoms with Crippen molar-refractivity contribution in [1.29, 1.82) is 0 Å². The number of hydrogen-bond acceptors (Lipinski definition) is 4. The summed E-state index contributed by atoms with van der Waals surface area (Å²) in [4.78, 5) is 13.7. The summed E-state index contributed by atoms with van der Waals surface area (Å²) in [5.41, 5.74) is 0.679. The van der Waals surface area contributed by atoms with Gasteiger partial charge in [0.1, 0.15) is 10.8 Å². The minimum atomic E-state index is -0.309. The molecule has 2 rings (SSSR count). The minimum absolute atomic E-state index is 0.0328. The lowest BCUT2D eigenvalue weighted by atomic mass is 10.2. The van der Waals surface area contributed by atoms with Gasteiger partial charge in [0.25, 0.3) is 0 Å². The van der Waals surface area contributed by atoms with Gasteiger partial charge in [-0.3, -0.25) is 9.69 Å². The molecule has 4 nitrogen and oxygen atoms in total. The van der Waals surface area contributed by atoms with E-state index in [0.717, 1.165) is 12.8 Å². The van der Waals surface area contributed by atoms with E-state index in [1.807, 2.05) is 6.92 Å². The quantitative estimate of drug-likeness (QED) is 0.813. The summed E-state index contributed by atoms with van der Waals surface area (Å²) in [6.45, 7) is 4.55. The molecule has 0 aliphatic carbocycles. The molecule has 0 aliphatic rings. The Kier molecular flexibility index (Phi) is 5.38. The van der Waals surface area contributed by atoms with Gasteiger partial charge in [-0.05, 0) is 18.6 Å². The van der Waals surface area contributed by atoms with Gasteiger partial charge in [-0.15, -0.1) is 10.2 Å². The fourth-order valence-corrected chi connectivity index (χ4v) is 2.78. The second-order valence-electron chi connectivity index (χ2n) is 4.65. The topological polar surface area (TPSA) is 46.1 Å². The molecule has 1 heterocycles. The maximum atomic E-state index is 13.3. The van der Waals surface area contributed by atoms with Gasteiger partial charge in [0, 0.05) is 18.5 Å². The number of anilines is 1. The highest BCUT2D eigenvalue weighted by molar-refractivity contribution is 7.18. The predicted molar refractivity (Wildman–Crippen MR) is 82.9 cm³/mol. The van der Waals surface area contributed by atoms with Crippen LogP contribution in [0.25, 0.3) is 10.6 Å². The molecule has 0 atom stereocenters. The lowest BCUT2D eigenvalue weighted by Gasteiger charge is -2.17. The molecule has 0 N–H and O–H groups in total. The van der Waals surface area contributed by atoms with Crippen LogP contribution in [0, 0.1) is 5.82 Å². The van der Waals surface area contributed by atoms with E-state index in [0.29, 0.717) is 28.7 Å². The van der Waals surface area contributed by atoms with E-state index >= 15 is 0 Å². The zero-order valence-corrected chi connectivity index (χ0v) is 13.0. The van der Waals surface area contributed by atoms with E-state index in [-0.39, 0.29) is 11.7 Å². The maximum Gasteiger partial charge on any atom is 0.228 e. The van der Waals surface area contributed by atoms with Crippen LogP contribution in [-0.4, -0.2) is 22.6 Å². The van der Waals surface area contributed by atoms with Crippen LogP contribution in [0.1, 0.15) is 33.1 Å². The first-order valence-corrected chi connectivity index (χ1v) is 7.87. The molecule has 0 saturated carbocycles. The third kappa shape index (κ3) is 3.85. The average Bonchev–Trinajstić information content (AvgIpc) is 2.97. The molecule has 0 bridgehead atoms. The smallest absolute Gasteiger partial charge is 0.228 e. The first-order valence-electron chi connectivity index (χ1n) is 7.05. The Hall–Kier alpha value is -1.82. The van der Waals surface area contributed by atoms with Crippen molar-refractivity contribution in [1.82, 2.24) is 10.2 Å². The van der Waals surface area contributed by atoms with E-state index in [2.05, 4.69) is 17.1 Å². The third-order valence-corrected chi connectivity index (χ3v) is 4.05. The summed E-state index contributed by atoms with van der Waals surface area (Å²) >= 11 is 1.31. The number of hydrogen-bond donors (Lipinski definition) is 0. The number of benzene rings is 1. The molecule has 1 aromatic heterocycles. The fourth-order valence-electron chi connectivity index (χ4n) is 1.90. The van der Waals surface area contributed by atoms with Crippen LogP contribution < -0.4 is 4.90 Å². The number of amides is 1. The maximum absolute atomic E-state index is 13.3. The Bertz CT molecular complexity index is 614. The molecule has 0 fully saturated rings. The van der Waals surface area contributed by atoms with Gasteiger partial charge >= 0.3 is 0 Å². The standard InChI is InChI=1S/C15H18FN3OS/c1-3-5-9-19(13(20)4-2)15-18-17-14(21-15)11-7-6-8-12(16)10-11/h6-8,10H,3-5,9H2,1-2H3. The van der Waals surface area contributed by atoms with Gasteiger partial charge in [0.15, 0.2) is 0 Å². The number of carbonyl (C=O) groups is 1. The number of halogens is 1. The summed E-state index contributed by atoms with van der Waals surface area (Å²) in [5.74, 6) is -0.276. The highest BCUT2D eigenvalue weighted by atomic mass is 32.1. The first-order chi connectivity index (χ1) is 10.2. The lowest BCUT2D eigenvalue weighted by Crippen LogP contribution is -2.31. The first kappa shape index (κ1) is 15.6. The summed E-state index contributed by atoms with van der Waals surface area (Å²) < 4.78 is 13.3. The minimum Gasteiger partial charge on any atom is -0.287 e. The molecule has 2 aromatic rings. The Morgan fingerprint density at radius 3 is 2.81 bits per heavy atom. The summed E-state index contributed by atoms with van der Waals surface area (Å²) in [6.07, 6.45) is 2.35. The largest absolute Gasteiger partial charge is 0.287 e. The Balaban J connectivity index is 2.25. The zero-order chi connectivity index (χ0) is 15.2. The van der Waals surface area contributed by atoms with Crippen molar-refractivity contribution in [2.75, 3.05) is 11.4 Å². The van der Waals surface area contributed by atoms with Crippen LogP contribution in [0.15, 0.2) is 24.3 Å². The van der Waals surface area contributed by atoms with E-state index in [1.165, 1.54) is 23.5 Å². The molecule has 112 valence electrons. The molecular formula is C15H18FN3OS.